The van der Waals surface area contributed by atoms with Crippen molar-refractivity contribution < 1.29 is 27.8 Å². The molecule has 4 nitrogen and oxygen atoms in total. The topological polar surface area (TPSA) is 58.6 Å². The number of carbonyl (C=O) groups excluding carboxylic acids is 1. The standard InChI is InChI=1S/C8H14F3NO3/c1-3-15-7(14)12-5(2)4-6(13)8(9,10)11/h5-6,13H,3-4H2,1-2H3,(H,12,14). The number of alkyl halides is 3. The van der Waals surface area contributed by atoms with Gasteiger partial charge in [-0.2, -0.15) is 13.2 Å². The zero-order chi connectivity index (χ0) is 12.1. The predicted molar refractivity (Wildman–Crippen MR) is 46.3 cm³/mol. The monoisotopic (exact) mass is 229 g/mol. The average Bonchev–Trinajstić information content (AvgIpc) is 2.01. The summed E-state index contributed by atoms with van der Waals surface area (Å²) in [5.41, 5.74) is 0. The largest absolute Gasteiger partial charge is 0.450 e. The summed E-state index contributed by atoms with van der Waals surface area (Å²) in [6, 6.07) is -0.805. The number of hydrogen-bond acceptors (Lipinski definition) is 3. The molecule has 0 aliphatic heterocycles. The Morgan fingerprint density at radius 3 is 2.47 bits per heavy atom. The minimum absolute atomic E-state index is 0.139. The number of alkyl carbamates (subject to hydrolysis) is 1. The highest BCUT2D eigenvalue weighted by atomic mass is 19.4. The number of halogens is 3. The molecule has 2 atom stereocenters. The first kappa shape index (κ1) is 14.0. The summed E-state index contributed by atoms with van der Waals surface area (Å²) in [7, 11) is 0. The van der Waals surface area contributed by atoms with E-state index in [9.17, 15) is 18.0 Å². The highest BCUT2D eigenvalue weighted by Crippen LogP contribution is 2.23. The molecule has 90 valence electrons. The van der Waals surface area contributed by atoms with Crippen molar-refractivity contribution >= 4 is 6.09 Å². The highest BCUT2D eigenvalue weighted by Gasteiger charge is 2.38. The Balaban J connectivity index is 3.93. The fourth-order valence-electron chi connectivity index (χ4n) is 0.901. The maximum Gasteiger partial charge on any atom is 0.414 e. The van der Waals surface area contributed by atoms with Crippen LogP contribution >= 0.6 is 0 Å². The number of ether oxygens (including phenoxy) is 1. The molecule has 0 aromatic carbocycles. The van der Waals surface area contributed by atoms with Crippen LogP contribution in [-0.2, 0) is 4.74 Å². The Morgan fingerprint density at radius 1 is 1.53 bits per heavy atom. The van der Waals surface area contributed by atoms with E-state index in [0.717, 1.165) is 0 Å². The van der Waals surface area contributed by atoms with Crippen LogP contribution in [-0.4, -0.2) is 36.1 Å². The summed E-state index contributed by atoms with van der Waals surface area (Å²) < 4.78 is 40.2. The molecular weight excluding hydrogens is 215 g/mol. The van der Waals surface area contributed by atoms with Crippen LogP contribution in [0.25, 0.3) is 0 Å². The zero-order valence-electron chi connectivity index (χ0n) is 8.47. The highest BCUT2D eigenvalue weighted by molar-refractivity contribution is 5.67. The number of nitrogens with one attached hydrogen (secondary N) is 1. The molecule has 0 bridgehead atoms. The van der Waals surface area contributed by atoms with Gasteiger partial charge < -0.3 is 15.2 Å². The molecular formula is C8H14F3NO3. The molecule has 7 heteroatoms. The molecule has 0 saturated heterocycles. The van der Waals surface area contributed by atoms with Crippen molar-refractivity contribution in [1.29, 1.82) is 0 Å². The maximum absolute atomic E-state index is 11.9. The van der Waals surface area contributed by atoms with Gasteiger partial charge in [0, 0.05) is 12.5 Å². The average molecular weight is 229 g/mol. The van der Waals surface area contributed by atoms with Crippen LogP contribution in [0.4, 0.5) is 18.0 Å². The lowest BCUT2D eigenvalue weighted by Gasteiger charge is -2.19. The van der Waals surface area contributed by atoms with Gasteiger partial charge in [-0.1, -0.05) is 0 Å². The number of aliphatic hydroxyl groups excluding tert-OH is 1. The van der Waals surface area contributed by atoms with Gasteiger partial charge in [-0.25, -0.2) is 4.79 Å². The van der Waals surface area contributed by atoms with Crippen LogP contribution in [0.3, 0.4) is 0 Å². The normalized spacial score (nSPS) is 15.6. The third-order valence-corrected chi connectivity index (χ3v) is 1.59. The summed E-state index contributed by atoms with van der Waals surface area (Å²) in [6.45, 7) is 3.07. The van der Waals surface area contributed by atoms with Crippen molar-refractivity contribution in [1.82, 2.24) is 5.32 Å². The van der Waals surface area contributed by atoms with E-state index in [4.69, 9.17) is 5.11 Å². The molecule has 0 aromatic rings. The second-order valence-corrected chi connectivity index (χ2v) is 3.06. The fraction of sp³-hybridized carbons (Fsp3) is 0.875. The summed E-state index contributed by atoms with van der Waals surface area (Å²) >= 11 is 0. The Bertz CT molecular complexity index is 208. The SMILES string of the molecule is CCOC(=O)NC(C)CC(O)C(F)(F)F. The summed E-state index contributed by atoms with van der Waals surface area (Å²) in [6.07, 6.45) is -8.48. The summed E-state index contributed by atoms with van der Waals surface area (Å²) in [5, 5.41) is 10.8. The Hall–Kier alpha value is -0.980. The number of rotatable bonds is 4. The minimum atomic E-state index is -4.66. The van der Waals surface area contributed by atoms with Crippen LogP contribution < -0.4 is 5.32 Å². The van der Waals surface area contributed by atoms with Gasteiger partial charge in [0.25, 0.3) is 0 Å². The van der Waals surface area contributed by atoms with Crippen molar-refractivity contribution in [2.24, 2.45) is 0 Å². The predicted octanol–water partition coefficient (Wildman–Crippen LogP) is 1.43. The maximum atomic E-state index is 11.9. The molecule has 0 radical (unpaired) electrons. The molecule has 0 aliphatic rings. The van der Waals surface area contributed by atoms with Crippen molar-refractivity contribution in [3.05, 3.63) is 0 Å². The van der Waals surface area contributed by atoms with Crippen LogP contribution in [0.15, 0.2) is 0 Å². The number of aliphatic hydroxyl groups is 1. The Labute approximate surface area is 85.4 Å². The van der Waals surface area contributed by atoms with E-state index >= 15 is 0 Å². The lowest BCUT2D eigenvalue weighted by Crippen LogP contribution is -2.39. The van der Waals surface area contributed by atoms with Gasteiger partial charge in [0.2, 0.25) is 0 Å². The third-order valence-electron chi connectivity index (χ3n) is 1.59. The third kappa shape index (κ3) is 6.16. The molecule has 0 saturated carbocycles. The van der Waals surface area contributed by atoms with E-state index in [1.165, 1.54) is 6.92 Å². The first-order valence-electron chi connectivity index (χ1n) is 4.45. The molecule has 1 amide bonds. The van der Waals surface area contributed by atoms with E-state index < -0.39 is 30.8 Å². The van der Waals surface area contributed by atoms with Crippen LogP contribution in [0, 0.1) is 0 Å². The van der Waals surface area contributed by atoms with E-state index in [0.29, 0.717) is 0 Å². The van der Waals surface area contributed by atoms with Gasteiger partial charge >= 0.3 is 12.3 Å². The van der Waals surface area contributed by atoms with Gasteiger partial charge in [0.05, 0.1) is 6.61 Å². The fourth-order valence-corrected chi connectivity index (χ4v) is 0.901. The first-order chi connectivity index (χ1) is 6.77. The van der Waals surface area contributed by atoms with Gasteiger partial charge in [0.15, 0.2) is 6.10 Å². The van der Waals surface area contributed by atoms with Crippen LogP contribution in [0.2, 0.25) is 0 Å². The number of carbonyl (C=O) groups is 1. The summed E-state index contributed by atoms with van der Waals surface area (Å²) in [4.78, 5) is 10.8. The second-order valence-electron chi connectivity index (χ2n) is 3.06. The van der Waals surface area contributed by atoms with Crippen molar-refractivity contribution in [3.63, 3.8) is 0 Å². The van der Waals surface area contributed by atoms with Crippen molar-refractivity contribution in [2.75, 3.05) is 6.61 Å². The Morgan fingerprint density at radius 2 is 2.07 bits per heavy atom. The second kappa shape index (κ2) is 5.79. The summed E-state index contributed by atoms with van der Waals surface area (Å²) in [5.74, 6) is 0. The molecule has 2 N–H and O–H groups in total. The van der Waals surface area contributed by atoms with Crippen LogP contribution in [0.1, 0.15) is 20.3 Å². The molecule has 0 aromatic heterocycles. The molecule has 0 rings (SSSR count). The van der Waals surface area contributed by atoms with Crippen LogP contribution in [0.5, 0.6) is 0 Å². The zero-order valence-corrected chi connectivity index (χ0v) is 8.47. The molecule has 0 spiro atoms. The quantitative estimate of drug-likeness (QED) is 0.766. The van der Waals surface area contributed by atoms with E-state index in [-0.39, 0.29) is 6.61 Å². The van der Waals surface area contributed by atoms with Crippen molar-refractivity contribution in [2.45, 2.75) is 38.6 Å². The van der Waals surface area contributed by atoms with E-state index in [1.54, 1.807) is 6.92 Å². The molecule has 0 heterocycles. The lowest BCUT2D eigenvalue weighted by atomic mass is 10.1. The minimum Gasteiger partial charge on any atom is -0.450 e. The number of amides is 1. The van der Waals surface area contributed by atoms with Crippen molar-refractivity contribution in [3.8, 4) is 0 Å². The van der Waals surface area contributed by atoms with E-state index in [1.807, 2.05) is 0 Å². The first-order valence-corrected chi connectivity index (χ1v) is 4.45. The number of hydrogen-bond donors (Lipinski definition) is 2. The molecule has 0 aliphatic carbocycles. The van der Waals surface area contributed by atoms with Gasteiger partial charge in [-0.3, -0.25) is 0 Å². The Kier molecular flexibility index (Phi) is 5.41. The molecule has 0 fully saturated rings. The van der Waals surface area contributed by atoms with E-state index in [2.05, 4.69) is 10.1 Å². The molecule has 2 unspecified atom stereocenters. The van der Waals surface area contributed by atoms with Gasteiger partial charge in [-0.05, 0) is 13.8 Å². The van der Waals surface area contributed by atoms with Gasteiger partial charge in [-0.15, -0.1) is 0 Å². The lowest BCUT2D eigenvalue weighted by molar-refractivity contribution is -0.206. The smallest absolute Gasteiger partial charge is 0.414 e. The van der Waals surface area contributed by atoms with Gasteiger partial charge in [0.1, 0.15) is 0 Å². The molecule has 15 heavy (non-hydrogen) atoms.